The van der Waals surface area contributed by atoms with E-state index in [1.54, 1.807) is 37.3 Å². The zero-order valence-corrected chi connectivity index (χ0v) is 24.1. The molecule has 0 atom stereocenters. The van der Waals surface area contributed by atoms with Crippen molar-refractivity contribution in [2.75, 3.05) is 18.5 Å². The number of nitrogens with zero attached hydrogens (tertiary/aromatic N) is 1. The second-order valence-electron chi connectivity index (χ2n) is 8.33. The summed E-state index contributed by atoms with van der Waals surface area (Å²) in [5.41, 5.74) is 1.59. The van der Waals surface area contributed by atoms with Gasteiger partial charge in [0.15, 0.2) is 0 Å². The molecule has 3 amide bonds. The van der Waals surface area contributed by atoms with Crippen molar-refractivity contribution in [3.8, 4) is 5.75 Å². The van der Waals surface area contributed by atoms with Crippen molar-refractivity contribution in [1.29, 1.82) is 0 Å². The third-order valence-electron chi connectivity index (χ3n) is 5.49. The Bertz CT molecular complexity index is 1520. The summed E-state index contributed by atoms with van der Waals surface area (Å²) in [5, 5.41) is 2.10. The number of halogens is 3. The molecule has 0 aliphatic carbocycles. The SMILES string of the molecule is CCOC(=O)c1cc(NC(=O)CN2C(=O)S/C(=C\c3cc(Br)ccc3OCc3ccc(F)cc3)C2=O)ccc1Cl. The standard InChI is InChI=1S/C28H21BrClFN2O6S/c1-2-38-27(36)21-13-20(8-9-22(21)30)32-25(34)14-33-26(35)24(40-28(33)37)12-17-11-18(29)5-10-23(17)39-15-16-3-6-19(31)7-4-16/h3-13H,2,14-15H2,1H3,(H,32,34)/b24-12-. The van der Waals surface area contributed by atoms with Gasteiger partial charge in [-0.1, -0.05) is 39.7 Å². The molecule has 12 heteroatoms. The quantitative estimate of drug-likeness (QED) is 0.204. The van der Waals surface area contributed by atoms with E-state index in [0.717, 1.165) is 14.9 Å². The van der Waals surface area contributed by atoms with E-state index in [9.17, 15) is 23.6 Å². The number of benzene rings is 3. The molecule has 1 fully saturated rings. The minimum Gasteiger partial charge on any atom is -0.488 e. The van der Waals surface area contributed by atoms with Crippen LogP contribution in [0, 0.1) is 5.82 Å². The number of anilines is 1. The molecule has 0 spiro atoms. The minimum absolute atomic E-state index is 0.0712. The molecule has 8 nitrogen and oxygen atoms in total. The third-order valence-corrected chi connectivity index (χ3v) is 7.22. The second kappa shape index (κ2) is 13.1. The summed E-state index contributed by atoms with van der Waals surface area (Å²) in [6, 6.07) is 15.3. The van der Waals surface area contributed by atoms with Crippen LogP contribution in [0.4, 0.5) is 14.9 Å². The number of imide groups is 1. The van der Waals surface area contributed by atoms with Crippen molar-refractivity contribution in [2.45, 2.75) is 13.5 Å². The molecular formula is C28H21BrClFN2O6S. The maximum atomic E-state index is 13.2. The molecule has 3 aromatic carbocycles. The Morgan fingerprint density at radius 2 is 1.85 bits per heavy atom. The van der Waals surface area contributed by atoms with E-state index in [-0.39, 0.29) is 40.2 Å². The highest BCUT2D eigenvalue weighted by atomic mass is 79.9. The van der Waals surface area contributed by atoms with E-state index >= 15 is 0 Å². The fourth-order valence-electron chi connectivity index (χ4n) is 3.60. The van der Waals surface area contributed by atoms with Crippen molar-refractivity contribution in [2.24, 2.45) is 0 Å². The fraction of sp³-hybridized carbons (Fsp3) is 0.143. The summed E-state index contributed by atoms with van der Waals surface area (Å²) in [7, 11) is 0. The van der Waals surface area contributed by atoms with Crippen molar-refractivity contribution in [1.82, 2.24) is 4.90 Å². The van der Waals surface area contributed by atoms with Gasteiger partial charge in [0, 0.05) is 15.7 Å². The highest BCUT2D eigenvalue weighted by Crippen LogP contribution is 2.35. The van der Waals surface area contributed by atoms with Gasteiger partial charge >= 0.3 is 5.97 Å². The van der Waals surface area contributed by atoms with Gasteiger partial charge in [-0.3, -0.25) is 19.3 Å². The van der Waals surface area contributed by atoms with Gasteiger partial charge in [-0.05, 0) is 78.9 Å². The first-order valence-electron chi connectivity index (χ1n) is 11.8. The number of carbonyl (C=O) groups excluding carboxylic acids is 4. The molecule has 1 heterocycles. The monoisotopic (exact) mass is 646 g/mol. The summed E-state index contributed by atoms with van der Waals surface area (Å²) in [6.45, 7) is 1.43. The highest BCUT2D eigenvalue weighted by molar-refractivity contribution is 9.10. The number of nitrogens with one attached hydrogen (secondary N) is 1. The van der Waals surface area contributed by atoms with E-state index in [4.69, 9.17) is 21.1 Å². The molecule has 0 unspecified atom stereocenters. The van der Waals surface area contributed by atoms with Crippen LogP contribution >= 0.6 is 39.3 Å². The van der Waals surface area contributed by atoms with Gasteiger partial charge in [0.25, 0.3) is 11.1 Å². The lowest BCUT2D eigenvalue weighted by Crippen LogP contribution is -2.36. The van der Waals surface area contributed by atoms with Crippen LogP contribution in [-0.4, -0.2) is 41.1 Å². The molecule has 3 aromatic rings. The topological polar surface area (TPSA) is 102 Å². The summed E-state index contributed by atoms with van der Waals surface area (Å²) in [4.78, 5) is 51.3. The van der Waals surface area contributed by atoms with Crippen LogP contribution in [0.1, 0.15) is 28.4 Å². The summed E-state index contributed by atoms with van der Waals surface area (Å²) < 4.78 is 24.8. The van der Waals surface area contributed by atoms with E-state index in [1.165, 1.54) is 36.4 Å². The van der Waals surface area contributed by atoms with Gasteiger partial charge in [0.2, 0.25) is 5.91 Å². The Kier molecular flexibility index (Phi) is 9.62. The Labute approximate surface area is 246 Å². The molecule has 40 heavy (non-hydrogen) atoms. The molecule has 1 aliphatic heterocycles. The lowest BCUT2D eigenvalue weighted by Gasteiger charge is -2.13. The summed E-state index contributed by atoms with van der Waals surface area (Å²) >= 11 is 10.1. The maximum absolute atomic E-state index is 13.2. The molecular weight excluding hydrogens is 627 g/mol. The first-order chi connectivity index (χ1) is 19.1. The average molecular weight is 648 g/mol. The fourth-order valence-corrected chi connectivity index (χ4v) is 5.00. The zero-order valence-electron chi connectivity index (χ0n) is 20.9. The Morgan fingerprint density at radius 1 is 1.10 bits per heavy atom. The molecule has 0 aromatic heterocycles. The molecule has 1 N–H and O–H groups in total. The molecule has 1 saturated heterocycles. The number of hydrogen-bond donors (Lipinski definition) is 1. The summed E-state index contributed by atoms with van der Waals surface area (Å²) in [6.07, 6.45) is 1.51. The zero-order chi connectivity index (χ0) is 28.8. The van der Waals surface area contributed by atoms with Crippen LogP contribution in [0.25, 0.3) is 6.08 Å². The number of thioether (sulfide) groups is 1. The molecule has 206 valence electrons. The average Bonchev–Trinajstić information content (AvgIpc) is 3.17. The van der Waals surface area contributed by atoms with Crippen LogP contribution in [0.5, 0.6) is 5.75 Å². The third kappa shape index (κ3) is 7.29. The van der Waals surface area contributed by atoms with Crippen LogP contribution < -0.4 is 10.1 Å². The number of ether oxygens (including phenoxy) is 2. The predicted molar refractivity (Wildman–Crippen MR) is 154 cm³/mol. The number of rotatable bonds is 9. The van der Waals surface area contributed by atoms with E-state index in [1.807, 2.05) is 0 Å². The van der Waals surface area contributed by atoms with Crippen LogP contribution in [0.15, 0.2) is 70.0 Å². The molecule has 0 saturated carbocycles. The van der Waals surface area contributed by atoms with Crippen LogP contribution in [0.2, 0.25) is 5.02 Å². The van der Waals surface area contributed by atoms with Gasteiger partial charge in [-0.2, -0.15) is 0 Å². The number of hydrogen-bond acceptors (Lipinski definition) is 7. The number of esters is 1. The minimum atomic E-state index is -0.647. The van der Waals surface area contributed by atoms with Gasteiger partial charge in [-0.25, -0.2) is 9.18 Å². The molecule has 1 aliphatic rings. The van der Waals surface area contributed by atoms with Crippen LogP contribution in [-0.2, 0) is 20.9 Å². The van der Waals surface area contributed by atoms with Crippen molar-refractivity contribution in [3.05, 3.63) is 97.6 Å². The van der Waals surface area contributed by atoms with Crippen molar-refractivity contribution in [3.63, 3.8) is 0 Å². The Morgan fingerprint density at radius 3 is 2.58 bits per heavy atom. The molecule has 0 radical (unpaired) electrons. The molecule has 4 rings (SSSR count). The second-order valence-corrected chi connectivity index (χ2v) is 10.6. The van der Waals surface area contributed by atoms with E-state index in [0.29, 0.717) is 23.1 Å². The Hall–Kier alpha value is -3.67. The van der Waals surface area contributed by atoms with E-state index < -0.39 is 29.6 Å². The van der Waals surface area contributed by atoms with Crippen LogP contribution in [0.3, 0.4) is 0 Å². The first-order valence-corrected chi connectivity index (χ1v) is 13.8. The van der Waals surface area contributed by atoms with Crippen molar-refractivity contribution < 1.29 is 33.0 Å². The molecule has 0 bridgehead atoms. The van der Waals surface area contributed by atoms with Gasteiger partial charge < -0.3 is 14.8 Å². The lowest BCUT2D eigenvalue weighted by atomic mass is 10.1. The predicted octanol–water partition coefficient (Wildman–Crippen LogP) is 6.67. The van der Waals surface area contributed by atoms with Gasteiger partial charge in [0.1, 0.15) is 24.7 Å². The first kappa shape index (κ1) is 29.3. The van der Waals surface area contributed by atoms with E-state index in [2.05, 4.69) is 21.2 Å². The van der Waals surface area contributed by atoms with Crippen molar-refractivity contribution >= 4 is 74.1 Å². The van der Waals surface area contributed by atoms with Gasteiger partial charge in [0.05, 0.1) is 22.1 Å². The largest absolute Gasteiger partial charge is 0.488 e. The normalized spacial score (nSPS) is 14.0. The Balaban J connectivity index is 1.46. The van der Waals surface area contributed by atoms with Gasteiger partial charge in [-0.15, -0.1) is 0 Å². The highest BCUT2D eigenvalue weighted by Gasteiger charge is 2.36. The maximum Gasteiger partial charge on any atom is 0.339 e. The smallest absolute Gasteiger partial charge is 0.339 e. The number of amides is 3. The summed E-state index contributed by atoms with van der Waals surface area (Å²) in [5.74, 6) is -1.85. The lowest BCUT2D eigenvalue weighted by molar-refractivity contribution is -0.127. The number of carbonyl (C=O) groups is 4.